The molecule has 0 atom stereocenters. The van der Waals surface area contributed by atoms with E-state index in [-0.39, 0.29) is 0 Å². The van der Waals surface area contributed by atoms with Crippen molar-refractivity contribution in [2.24, 2.45) is 0 Å². The Morgan fingerprint density at radius 3 is 2.29 bits per heavy atom. The van der Waals surface area contributed by atoms with Gasteiger partial charge in [-0.2, -0.15) is 0 Å². The Bertz CT molecular complexity index is 612. The smallest absolute Gasteiger partial charge is 0.321 e. The van der Waals surface area contributed by atoms with E-state index in [1.165, 1.54) is 0 Å². The third-order valence-corrected chi connectivity index (χ3v) is 3.13. The molecule has 0 aliphatic rings. The highest BCUT2D eigenvalue weighted by molar-refractivity contribution is 6.30. The lowest BCUT2D eigenvalue weighted by Gasteiger charge is -2.07. The molecule has 0 aliphatic heterocycles. The molecule has 0 radical (unpaired) electrons. The maximum Gasteiger partial charge on any atom is 0.321 e. The Kier molecular flexibility index (Phi) is 5.35. The number of urea groups is 1. The van der Waals surface area contributed by atoms with Gasteiger partial charge in [-0.25, -0.2) is 4.79 Å². The Labute approximate surface area is 128 Å². The van der Waals surface area contributed by atoms with Crippen molar-refractivity contribution in [3.05, 3.63) is 70.7 Å². The topological polar surface area (TPSA) is 58.2 Å². The van der Waals surface area contributed by atoms with Crippen LogP contribution in [-0.2, 0) is 6.42 Å². The van der Waals surface area contributed by atoms with E-state index in [4.69, 9.17) is 11.6 Å². The molecule has 21 heavy (non-hydrogen) atoms. The van der Waals surface area contributed by atoms with Gasteiger partial charge in [0.25, 0.3) is 5.91 Å². The van der Waals surface area contributed by atoms with Gasteiger partial charge in [-0.05, 0) is 36.2 Å². The molecule has 0 bridgehead atoms. The van der Waals surface area contributed by atoms with E-state index in [1.54, 1.807) is 24.3 Å². The fourth-order valence-electron chi connectivity index (χ4n) is 1.79. The van der Waals surface area contributed by atoms with Crippen molar-refractivity contribution < 1.29 is 9.59 Å². The van der Waals surface area contributed by atoms with E-state index < -0.39 is 11.9 Å². The number of imide groups is 1. The second kappa shape index (κ2) is 7.45. The van der Waals surface area contributed by atoms with Crippen LogP contribution in [0.4, 0.5) is 4.79 Å². The normalized spacial score (nSPS) is 9.95. The maximum absolute atomic E-state index is 11.8. The summed E-state index contributed by atoms with van der Waals surface area (Å²) in [5.41, 5.74) is 1.51. The van der Waals surface area contributed by atoms with Gasteiger partial charge in [0.2, 0.25) is 0 Å². The molecule has 0 heterocycles. The molecule has 2 rings (SSSR count). The predicted octanol–water partition coefficient (Wildman–Crippen LogP) is 3.02. The summed E-state index contributed by atoms with van der Waals surface area (Å²) in [5, 5.41) is 5.46. The molecule has 5 heteroatoms. The number of amides is 3. The number of hydrogen-bond acceptors (Lipinski definition) is 2. The number of nitrogens with one attached hydrogen (secondary N) is 2. The van der Waals surface area contributed by atoms with E-state index in [2.05, 4.69) is 10.6 Å². The average molecular weight is 303 g/mol. The van der Waals surface area contributed by atoms with E-state index in [0.29, 0.717) is 23.6 Å². The molecule has 0 fully saturated rings. The molecule has 4 nitrogen and oxygen atoms in total. The van der Waals surface area contributed by atoms with Crippen molar-refractivity contribution in [2.75, 3.05) is 6.54 Å². The molecular formula is C16H15ClN2O2. The summed E-state index contributed by atoms with van der Waals surface area (Å²) in [6.45, 7) is 0.462. The zero-order chi connectivity index (χ0) is 15.1. The Balaban J connectivity index is 1.76. The molecule has 2 aromatic carbocycles. The van der Waals surface area contributed by atoms with Crippen LogP contribution in [-0.4, -0.2) is 18.5 Å². The number of hydrogen-bond donors (Lipinski definition) is 2. The summed E-state index contributed by atoms with van der Waals surface area (Å²) < 4.78 is 0. The Hall–Kier alpha value is -2.33. The van der Waals surface area contributed by atoms with Crippen LogP contribution in [0.5, 0.6) is 0 Å². The van der Waals surface area contributed by atoms with Crippen LogP contribution in [0.15, 0.2) is 54.6 Å². The summed E-state index contributed by atoms with van der Waals surface area (Å²) in [4.78, 5) is 23.4. The molecule has 0 saturated carbocycles. The first kappa shape index (κ1) is 15.1. The first-order valence-corrected chi connectivity index (χ1v) is 6.91. The van der Waals surface area contributed by atoms with Gasteiger partial charge in [0.15, 0.2) is 0 Å². The van der Waals surface area contributed by atoms with Gasteiger partial charge in [-0.15, -0.1) is 0 Å². The third kappa shape index (κ3) is 4.93. The van der Waals surface area contributed by atoms with E-state index in [9.17, 15) is 9.59 Å². The number of halogens is 1. The zero-order valence-corrected chi connectivity index (χ0v) is 12.1. The fraction of sp³-hybridized carbons (Fsp3) is 0.125. The highest BCUT2D eigenvalue weighted by Gasteiger charge is 2.09. The van der Waals surface area contributed by atoms with Crippen LogP contribution >= 0.6 is 11.6 Å². The first-order chi connectivity index (χ1) is 10.1. The monoisotopic (exact) mass is 302 g/mol. The number of carbonyl (C=O) groups excluding carboxylic acids is 2. The summed E-state index contributed by atoms with van der Waals surface area (Å²) in [7, 11) is 0. The Morgan fingerprint density at radius 1 is 0.952 bits per heavy atom. The molecule has 0 unspecified atom stereocenters. The van der Waals surface area contributed by atoms with Crippen LogP contribution in [0.2, 0.25) is 5.02 Å². The highest BCUT2D eigenvalue weighted by atomic mass is 35.5. The number of carbonyl (C=O) groups is 2. The fourth-order valence-corrected chi connectivity index (χ4v) is 1.91. The number of rotatable bonds is 4. The quantitative estimate of drug-likeness (QED) is 0.912. The highest BCUT2D eigenvalue weighted by Crippen LogP contribution is 2.09. The van der Waals surface area contributed by atoms with Crippen LogP contribution < -0.4 is 10.6 Å². The second-order valence-corrected chi connectivity index (χ2v) is 4.89. The van der Waals surface area contributed by atoms with Gasteiger partial charge in [0.1, 0.15) is 0 Å². The summed E-state index contributed by atoms with van der Waals surface area (Å²) in [5.74, 6) is -0.455. The molecule has 0 spiro atoms. The van der Waals surface area contributed by atoms with Crippen molar-refractivity contribution >= 4 is 23.5 Å². The first-order valence-electron chi connectivity index (χ1n) is 6.54. The van der Waals surface area contributed by atoms with Crippen LogP contribution in [0.3, 0.4) is 0 Å². The van der Waals surface area contributed by atoms with Crippen molar-refractivity contribution in [1.29, 1.82) is 0 Å². The molecule has 0 saturated heterocycles. The lowest BCUT2D eigenvalue weighted by atomic mass is 10.1. The van der Waals surface area contributed by atoms with Gasteiger partial charge >= 0.3 is 6.03 Å². The SMILES string of the molecule is O=C(NCCc1ccccc1)NC(=O)c1ccc(Cl)cc1. The summed E-state index contributed by atoms with van der Waals surface area (Å²) in [6.07, 6.45) is 0.712. The Morgan fingerprint density at radius 2 is 1.62 bits per heavy atom. The average Bonchev–Trinajstić information content (AvgIpc) is 2.49. The van der Waals surface area contributed by atoms with Crippen molar-refractivity contribution in [3.63, 3.8) is 0 Å². The minimum Gasteiger partial charge on any atom is -0.337 e. The minimum atomic E-state index is -0.508. The van der Waals surface area contributed by atoms with Crippen LogP contribution in [0.1, 0.15) is 15.9 Å². The third-order valence-electron chi connectivity index (χ3n) is 2.88. The molecule has 2 aromatic rings. The lowest BCUT2D eigenvalue weighted by Crippen LogP contribution is -2.40. The molecule has 3 amide bonds. The summed E-state index contributed by atoms with van der Waals surface area (Å²) in [6, 6.07) is 15.6. The van der Waals surface area contributed by atoms with E-state index in [0.717, 1.165) is 5.56 Å². The van der Waals surface area contributed by atoms with Gasteiger partial charge in [-0.3, -0.25) is 10.1 Å². The lowest BCUT2D eigenvalue weighted by molar-refractivity contribution is 0.0964. The van der Waals surface area contributed by atoms with Gasteiger partial charge < -0.3 is 5.32 Å². The molecule has 108 valence electrons. The maximum atomic E-state index is 11.8. The predicted molar refractivity (Wildman–Crippen MR) is 82.5 cm³/mol. The van der Waals surface area contributed by atoms with Crippen molar-refractivity contribution in [2.45, 2.75) is 6.42 Å². The van der Waals surface area contributed by atoms with Crippen LogP contribution in [0.25, 0.3) is 0 Å². The molecular weight excluding hydrogens is 288 g/mol. The molecule has 2 N–H and O–H groups in total. The van der Waals surface area contributed by atoms with E-state index in [1.807, 2.05) is 30.3 Å². The summed E-state index contributed by atoms with van der Waals surface area (Å²) >= 11 is 5.74. The minimum absolute atomic E-state index is 0.387. The zero-order valence-electron chi connectivity index (χ0n) is 11.3. The molecule has 0 aromatic heterocycles. The van der Waals surface area contributed by atoms with Crippen LogP contribution in [0, 0.1) is 0 Å². The number of benzene rings is 2. The van der Waals surface area contributed by atoms with Gasteiger partial charge in [0, 0.05) is 17.1 Å². The van der Waals surface area contributed by atoms with Gasteiger partial charge in [0.05, 0.1) is 0 Å². The van der Waals surface area contributed by atoms with Gasteiger partial charge in [-0.1, -0.05) is 41.9 Å². The molecule has 0 aliphatic carbocycles. The van der Waals surface area contributed by atoms with Crippen molar-refractivity contribution in [3.8, 4) is 0 Å². The van der Waals surface area contributed by atoms with Crippen molar-refractivity contribution in [1.82, 2.24) is 10.6 Å². The van der Waals surface area contributed by atoms with E-state index >= 15 is 0 Å². The largest absolute Gasteiger partial charge is 0.337 e. The standard InChI is InChI=1S/C16H15ClN2O2/c17-14-8-6-13(7-9-14)15(20)19-16(21)18-11-10-12-4-2-1-3-5-12/h1-9H,10-11H2,(H2,18,19,20,21). The second-order valence-electron chi connectivity index (χ2n) is 4.45.